The lowest BCUT2D eigenvalue weighted by Gasteiger charge is -2.24. The number of likely N-dealkylation sites (tertiary alicyclic amines) is 1. The van der Waals surface area contributed by atoms with E-state index in [-0.39, 0.29) is 30.5 Å². The van der Waals surface area contributed by atoms with Gasteiger partial charge in [-0.1, -0.05) is 6.58 Å². The number of hydrogen-bond acceptors (Lipinski definition) is 4. The minimum absolute atomic E-state index is 0.0590. The van der Waals surface area contributed by atoms with Crippen LogP contribution in [-0.4, -0.2) is 35.8 Å². The van der Waals surface area contributed by atoms with E-state index < -0.39 is 5.97 Å². The lowest BCUT2D eigenvalue weighted by molar-refractivity contribution is -0.147. The Balaban J connectivity index is 2.58. The van der Waals surface area contributed by atoms with E-state index >= 15 is 0 Å². The van der Waals surface area contributed by atoms with Gasteiger partial charge in [-0.3, -0.25) is 14.5 Å². The number of amides is 2. The molecule has 1 saturated heterocycles. The first kappa shape index (κ1) is 12.4. The number of esters is 1. The van der Waals surface area contributed by atoms with Crippen molar-refractivity contribution in [1.82, 2.24) is 4.90 Å². The molecular formula is C11H15NO4. The predicted molar refractivity (Wildman–Crippen MR) is 56.3 cm³/mol. The van der Waals surface area contributed by atoms with Gasteiger partial charge in [0, 0.05) is 18.4 Å². The van der Waals surface area contributed by atoms with E-state index in [1.807, 2.05) is 0 Å². The third-order valence-electron chi connectivity index (χ3n) is 2.30. The summed E-state index contributed by atoms with van der Waals surface area (Å²) in [5, 5.41) is 0. The molecule has 0 atom stereocenters. The van der Waals surface area contributed by atoms with Crippen molar-refractivity contribution in [3.63, 3.8) is 0 Å². The first-order valence-corrected chi connectivity index (χ1v) is 5.24. The molecule has 2 amide bonds. The van der Waals surface area contributed by atoms with Crippen molar-refractivity contribution < 1.29 is 19.1 Å². The van der Waals surface area contributed by atoms with E-state index in [9.17, 15) is 14.4 Å². The van der Waals surface area contributed by atoms with E-state index in [1.165, 1.54) is 0 Å². The van der Waals surface area contributed by atoms with Crippen LogP contribution in [0.2, 0.25) is 0 Å². The fraction of sp³-hybridized carbons (Fsp3) is 0.545. The lowest BCUT2D eigenvalue weighted by atomic mass is 10.1. The second kappa shape index (κ2) is 5.44. The van der Waals surface area contributed by atoms with Gasteiger partial charge in [-0.25, -0.2) is 4.79 Å². The summed E-state index contributed by atoms with van der Waals surface area (Å²) in [6, 6.07) is 0. The normalized spacial score (nSPS) is 16.2. The van der Waals surface area contributed by atoms with Crippen molar-refractivity contribution in [2.24, 2.45) is 0 Å². The standard InChI is InChI=1S/C11H15NO4/c1-3-16-11(15)8(2)7-12-9(13)5-4-6-10(12)14/h2-7H2,1H3. The molecule has 0 radical (unpaired) electrons. The zero-order valence-corrected chi connectivity index (χ0v) is 9.32. The highest BCUT2D eigenvalue weighted by Crippen LogP contribution is 2.13. The summed E-state index contributed by atoms with van der Waals surface area (Å²) in [5.41, 5.74) is 0.130. The molecule has 1 aliphatic heterocycles. The maximum atomic E-state index is 11.4. The van der Waals surface area contributed by atoms with Gasteiger partial charge in [0.05, 0.1) is 13.2 Å². The Bertz CT molecular complexity index is 319. The summed E-state index contributed by atoms with van der Waals surface area (Å²) in [4.78, 5) is 35.2. The summed E-state index contributed by atoms with van der Waals surface area (Å²) >= 11 is 0. The highest BCUT2D eigenvalue weighted by atomic mass is 16.5. The highest BCUT2D eigenvalue weighted by Gasteiger charge is 2.27. The summed E-state index contributed by atoms with van der Waals surface area (Å²) < 4.78 is 4.73. The van der Waals surface area contributed by atoms with Crippen LogP contribution in [0, 0.1) is 0 Å². The molecule has 5 heteroatoms. The number of nitrogens with zero attached hydrogens (tertiary/aromatic N) is 1. The lowest BCUT2D eigenvalue weighted by Crippen LogP contribution is -2.42. The minimum Gasteiger partial charge on any atom is -0.463 e. The van der Waals surface area contributed by atoms with E-state index in [1.54, 1.807) is 6.92 Å². The maximum absolute atomic E-state index is 11.4. The molecule has 0 aromatic rings. The Labute approximate surface area is 94.1 Å². The smallest absolute Gasteiger partial charge is 0.335 e. The third kappa shape index (κ3) is 2.92. The van der Waals surface area contributed by atoms with Crippen LogP contribution < -0.4 is 0 Å². The Morgan fingerprint density at radius 3 is 2.44 bits per heavy atom. The Kier molecular flexibility index (Phi) is 4.22. The van der Waals surface area contributed by atoms with Gasteiger partial charge >= 0.3 is 5.97 Å². The fourth-order valence-corrected chi connectivity index (χ4v) is 1.46. The molecular weight excluding hydrogens is 210 g/mol. The Morgan fingerprint density at radius 2 is 1.94 bits per heavy atom. The van der Waals surface area contributed by atoms with Crippen molar-refractivity contribution in [3.8, 4) is 0 Å². The van der Waals surface area contributed by atoms with Crippen LogP contribution >= 0.6 is 0 Å². The summed E-state index contributed by atoms with van der Waals surface area (Å²) in [6.07, 6.45) is 1.28. The zero-order chi connectivity index (χ0) is 12.1. The quantitative estimate of drug-likeness (QED) is 0.400. The van der Waals surface area contributed by atoms with Gasteiger partial charge in [-0.15, -0.1) is 0 Å². The molecule has 1 fully saturated rings. The van der Waals surface area contributed by atoms with Crippen LogP contribution in [0.25, 0.3) is 0 Å². The summed E-state index contributed by atoms with van der Waals surface area (Å²) in [7, 11) is 0. The SMILES string of the molecule is C=C(CN1C(=O)CCCC1=O)C(=O)OCC. The molecule has 0 aromatic carbocycles. The molecule has 0 aromatic heterocycles. The van der Waals surface area contributed by atoms with E-state index in [4.69, 9.17) is 4.74 Å². The van der Waals surface area contributed by atoms with Gasteiger partial charge in [-0.05, 0) is 13.3 Å². The fourth-order valence-electron chi connectivity index (χ4n) is 1.46. The van der Waals surface area contributed by atoms with E-state index in [0.29, 0.717) is 19.3 Å². The Hall–Kier alpha value is -1.65. The Morgan fingerprint density at radius 1 is 1.38 bits per heavy atom. The molecule has 16 heavy (non-hydrogen) atoms. The van der Waals surface area contributed by atoms with Gasteiger partial charge < -0.3 is 4.74 Å². The average molecular weight is 225 g/mol. The van der Waals surface area contributed by atoms with E-state index in [0.717, 1.165) is 4.90 Å². The molecule has 88 valence electrons. The number of rotatable bonds is 4. The second-order valence-corrected chi connectivity index (χ2v) is 3.55. The first-order chi connectivity index (χ1) is 7.56. The molecule has 0 spiro atoms. The van der Waals surface area contributed by atoms with Gasteiger partial charge in [0.25, 0.3) is 0 Å². The van der Waals surface area contributed by atoms with Crippen LogP contribution in [0.3, 0.4) is 0 Å². The van der Waals surface area contributed by atoms with Crippen LogP contribution in [0.5, 0.6) is 0 Å². The maximum Gasteiger partial charge on any atom is 0.335 e. The number of carbonyl (C=O) groups is 3. The first-order valence-electron chi connectivity index (χ1n) is 5.24. The molecule has 0 N–H and O–H groups in total. The largest absolute Gasteiger partial charge is 0.463 e. The topological polar surface area (TPSA) is 63.7 Å². The van der Waals surface area contributed by atoms with Gasteiger partial charge in [0.15, 0.2) is 0 Å². The van der Waals surface area contributed by atoms with Crippen molar-refractivity contribution in [1.29, 1.82) is 0 Å². The molecule has 0 saturated carbocycles. The number of piperidine rings is 1. The van der Waals surface area contributed by atoms with Crippen molar-refractivity contribution in [2.75, 3.05) is 13.2 Å². The molecule has 1 rings (SSSR count). The number of ether oxygens (including phenoxy) is 1. The average Bonchev–Trinajstić information content (AvgIpc) is 2.23. The monoisotopic (exact) mass is 225 g/mol. The summed E-state index contributed by atoms with van der Waals surface area (Å²) in [5.74, 6) is -1.06. The summed E-state index contributed by atoms with van der Waals surface area (Å²) in [6.45, 7) is 5.39. The second-order valence-electron chi connectivity index (χ2n) is 3.55. The van der Waals surface area contributed by atoms with Gasteiger partial charge in [0.2, 0.25) is 11.8 Å². The molecule has 0 bridgehead atoms. The highest BCUT2D eigenvalue weighted by molar-refractivity contribution is 5.99. The predicted octanol–water partition coefficient (Wildman–Crippen LogP) is 0.645. The minimum atomic E-state index is -0.561. The molecule has 1 aliphatic rings. The number of hydrogen-bond donors (Lipinski definition) is 0. The van der Waals surface area contributed by atoms with Crippen LogP contribution in [0.1, 0.15) is 26.2 Å². The molecule has 0 aliphatic carbocycles. The van der Waals surface area contributed by atoms with E-state index in [2.05, 4.69) is 6.58 Å². The zero-order valence-electron chi connectivity index (χ0n) is 9.32. The van der Waals surface area contributed by atoms with Gasteiger partial charge in [0.1, 0.15) is 0 Å². The van der Waals surface area contributed by atoms with Crippen LogP contribution in [0.4, 0.5) is 0 Å². The van der Waals surface area contributed by atoms with Crippen molar-refractivity contribution in [3.05, 3.63) is 12.2 Å². The molecule has 1 heterocycles. The number of imide groups is 1. The van der Waals surface area contributed by atoms with Crippen molar-refractivity contribution in [2.45, 2.75) is 26.2 Å². The van der Waals surface area contributed by atoms with Crippen molar-refractivity contribution >= 4 is 17.8 Å². The number of carbonyl (C=O) groups excluding carboxylic acids is 3. The van der Waals surface area contributed by atoms with Gasteiger partial charge in [-0.2, -0.15) is 0 Å². The molecule has 5 nitrogen and oxygen atoms in total. The van der Waals surface area contributed by atoms with Crippen LogP contribution in [-0.2, 0) is 19.1 Å². The van der Waals surface area contributed by atoms with Crippen LogP contribution in [0.15, 0.2) is 12.2 Å². The molecule has 0 unspecified atom stereocenters. The third-order valence-corrected chi connectivity index (χ3v) is 2.30.